The fourth-order valence-corrected chi connectivity index (χ4v) is 3.48. The molecule has 25 heavy (non-hydrogen) atoms. The van der Waals surface area contributed by atoms with E-state index >= 15 is 0 Å². The highest BCUT2D eigenvalue weighted by atomic mass is 32.2. The molecule has 0 atom stereocenters. The molecule has 0 radical (unpaired) electrons. The molecule has 0 aliphatic heterocycles. The number of aromatic nitrogens is 1. The fraction of sp³-hybridized carbons (Fsp3) is 0.250. The lowest BCUT2D eigenvalue weighted by Gasteiger charge is -2.16. The van der Waals surface area contributed by atoms with Crippen LogP contribution in [0.4, 0.5) is 5.69 Å². The summed E-state index contributed by atoms with van der Waals surface area (Å²) in [6.07, 6.45) is 11.9. The van der Waals surface area contributed by atoms with Crippen molar-refractivity contribution < 1.29 is 0 Å². The second-order valence-electron chi connectivity index (χ2n) is 5.78. The zero-order valence-electron chi connectivity index (χ0n) is 14.4. The van der Waals surface area contributed by atoms with E-state index < -0.39 is 0 Å². The summed E-state index contributed by atoms with van der Waals surface area (Å²) < 4.78 is 0. The van der Waals surface area contributed by atoms with Crippen LogP contribution in [0.5, 0.6) is 0 Å². The number of benzene rings is 1. The van der Waals surface area contributed by atoms with E-state index in [1.165, 1.54) is 28.2 Å². The predicted octanol–water partition coefficient (Wildman–Crippen LogP) is 5.20. The van der Waals surface area contributed by atoms with Crippen LogP contribution in [0.3, 0.4) is 0 Å². The molecule has 1 aliphatic carbocycles. The van der Waals surface area contributed by atoms with Gasteiger partial charge in [0.2, 0.25) is 0 Å². The Balaban J connectivity index is 1.64. The summed E-state index contributed by atoms with van der Waals surface area (Å²) in [4.78, 5) is 14.9. The van der Waals surface area contributed by atoms with Crippen molar-refractivity contribution >= 4 is 29.5 Å². The van der Waals surface area contributed by atoms with Gasteiger partial charge < -0.3 is 5.32 Å². The number of anilines is 1. The topological polar surface area (TPSA) is 49.6 Å². The number of allylic oxidation sites excluding steroid dienone is 1. The zero-order chi connectivity index (χ0) is 17.3. The summed E-state index contributed by atoms with van der Waals surface area (Å²) in [5.41, 5.74) is 3.51. The minimum atomic E-state index is 1.03. The third-order valence-corrected chi connectivity index (χ3v) is 4.98. The Morgan fingerprint density at radius 1 is 1.00 bits per heavy atom. The third kappa shape index (κ3) is 5.29. The van der Waals surface area contributed by atoms with Crippen LogP contribution < -0.4 is 5.32 Å². The maximum absolute atomic E-state index is 4.46. The molecule has 0 unspecified atom stereocenters. The van der Waals surface area contributed by atoms with Gasteiger partial charge in [-0.2, -0.15) is 0 Å². The molecule has 0 spiro atoms. The average Bonchev–Trinajstić information content (AvgIpc) is 2.67. The summed E-state index contributed by atoms with van der Waals surface area (Å²) in [7, 11) is 1.75. The Bertz CT molecular complexity index is 764. The van der Waals surface area contributed by atoms with Gasteiger partial charge in [-0.05, 0) is 67.7 Å². The number of hydrogen-bond acceptors (Lipinski definition) is 4. The minimum absolute atomic E-state index is 1.03. The molecule has 1 aromatic carbocycles. The number of aliphatic imine (C=N–C) groups is 2. The van der Waals surface area contributed by atoms with Crippen LogP contribution in [0.1, 0.15) is 25.7 Å². The Morgan fingerprint density at radius 3 is 2.48 bits per heavy atom. The van der Waals surface area contributed by atoms with Crippen LogP contribution in [-0.4, -0.2) is 24.1 Å². The van der Waals surface area contributed by atoms with Gasteiger partial charge in [0.1, 0.15) is 6.34 Å². The van der Waals surface area contributed by atoms with E-state index in [0.717, 1.165) is 24.2 Å². The maximum Gasteiger partial charge on any atom is 0.109 e. The van der Waals surface area contributed by atoms with Gasteiger partial charge >= 0.3 is 0 Å². The largest absolute Gasteiger partial charge is 0.361 e. The molecular formula is C20H22N4S. The van der Waals surface area contributed by atoms with Crippen molar-refractivity contribution in [1.82, 2.24) is 4.98 Å². The average molecular weight is 350 g/mol. The highest BCUT2D eigenvalue weighted by molar-refractivity contribution is 7.99. The molecule has 0 amide bonds. The number of pyridine rings is 1. The van der Waals surface area contributed by atoms with Gasteiger partial charge in [0.05, 0.1) is 0 Å². The quantitative estimate of drug-likeness (QED) is 0.595. The molecule has 1 saturated carbocycles. The number of nitrogens with zero attached hydrogens (tertiary/aromatic N) is 3. The van der Waals surface area contributed by atoms with E-state index in [4.69, 9.17) is 0 Å². The van der Waals surface area contributed by atoms with Crippen LogP contribution in [0.25, 0.3) is 0 Å². The van der Waals surface area contributed by atoms with Crippen molar-refractivity contribution in [1.29, 1.82) is 0 Å². The van der Waals surface area contributed by atoms with Gasteiger partial charge in [0, 0.05) is 46.8 Å². The third-order valence-electron chi connectivity index (χ3n) is 3.96. The SMILES string of the molecule is CN=CN=C1CCCC/C1=C\Nc1ccc(Sc2ccncc2)cc1. The Morgan fingerprint density at radius 2 is 1.72 bits per heavy atom. The van der Waals surface area contributed by atoms with Gasteiger partial charge in [0.15, 0.2) is 0 Å². The fourth-order valence-electron chi connectivity index (χ4n) is 2.68. The van der Waals surface area contributed by atoms with Crippen LogP contribution in [0, 0.1) is 0 Å². The lowest BCUT2D eigenvalue weighted by Crippen LogP contribution is -2.11. The van der Waals surface area contributed by atoms with Gasteiger partial charge in [0.25, 0.3) is 0 Å². The Labute approximate surface area is 153 Å². The summed E-state index contributed by atoms with van der Waals surface area (Å²) in [5, 5.41) is 3.41. The molecule has 2 aromatic rings. The molecule has 1 aliphatic rings. The van der Waals surface area contributed by atoms with E-state index in [1.807, 2.05) is 24.5 Å². The first-order valence-corrected chi connectivity index (χ1v) is 9.28. The first kappa shape index (κ1) is 17.4. The molecule has 0 bridgehead atoms. The standard InChI is InChI=1S/C20H22N4S/c1-21-15-24-20-5-3-2-4-16(20)14-23-17-6-8-18(9-7-17)25-19-10-12-22-13-11-19/h6-15,23H,2-5H2,1H3/b16-14+,21-15?,24-20?. The van der Waals surface area contributed by atoms with Gasteiger partial charge in [-0.1, -0.05) is 11.8 Å². The monoisotopic (exact) mass is 350 g/mol. The van der Waals surface area contributed by atoms with Crippen LogP contribution >= 0.6 is 11.8 Å². The summed E-state index contributed by atoms with van der Waals surface area (Å²) >= 11 is 1.74. The van der Waals surface area contributed by atoms with Crippen LogP contribution in [0.2, 0.25) is 0 Å². The number of nitrogens with one attached hydrogen (secondary N) is 1. The van der Waals surface area contributed by atoms with Gasteiger partial charge in [-0.3, -0.25) is 9.98 Å². The molecule has 5 heteroatoms. The lowest BCUT2D eigenvalue weighted by molar-refractivity contribution is 0.733. The number of hydrogen-bond donors (Lipinski definition) is 1. The normalized spacial score (nSPS) is 18.1. The van der Waals surface area contributed by atoms with E-state index in [1.54, 1.807) is 25.1 Å². The summed E-state index contributed by atoms with van der Waals surface area (Å²) in [6.45, 7) is 0. The maximum atomic E-state index is 4.46. The lowest BCUT2D eigenvalue weighted by atomic mass is 9.93. The first-order valence-electron chi connectivity index (χ1n) is 8.46. The molecular weight excluding hydrogens is 328 g/mol. The molecule has 1 N–H and O–H groups in total. The van der Waals surface area contributed by atoms with Crippen molar-refractivity contribution in [2.75, 3.05) is 12.4 Å². The zero-order valence-corrected chi connectivity index (χ0v) is 15.2. The highest BCUT2D eigenvalue weighted by Gasteiger charge is 2.12. The number of rotatable bonds is 5. The minimum Gasteiger partial charge on any atom is -0.361 e. The molecule has 128 valence electrons. The smallest absolute Gasteiger partial charge is 0.109 e. The highest BCUT2D eigenvalue weighted by Crippen LogP contribution is 2.28. The van der Waals surface area contributed by atoms with E-state index in [0.29, 0.717) is 0 Å². The van der Waals surface area contributed by atoms with E-state index in [-0.39, 0.29) is 0 Å². The van der Waals surface area contributed by atoms with Gasteiger partial charge in [-0.25, -0.2) is 4.99 Å². The molecule has 3 rings (SSSR count). The van der Waals surface area contributed by atoms with Crippen LogP contribution in [0.15, 0.2) is 80.3 Å². The first-order chi connectivity index (χ1) is 12.3. The molecule has 4 nitrogen and oxygen atoms in total. The summed E-state index contributed by atoms with van der Waals surface area (Å²) in [6, 6.07) is 12.5. The second-order valence-corrected chi connectivity index (χ2v) is 6.93. The molecule has 0 saturated heterocycles. The molecule has 1 heterocycles. The van der Waals surface area contributed by atoms with Crippen molar-refractivity contribution in [2.45, 2.75) is 35.5 Å². The Hall–Kier alpha value is -2.40. The van der Waals surface area contributed by atoms with E-state index in [2.05, 4.69) is 50.8 Å². The van der Waals surface area contributed by atoms with Crippen LogP contribution in [-0.2, 0) is 0 Å². The van der Waals surface area contributed by atoms with E-state index in [9.17, 15) is 0 Å². The van der Waals surface area contributed by atoms with Crippen molar-refractivity contribution in [2.24, 2.45) is 9.98 Å². The van der Waals surface area contributed by atoms with Crippen molar-refractivity contribution in [3.8, 4) is 0 Å². The Kier molecular flexibility index (Phi) is 6.40. The summed E-state index contributed by atoms with van der Waals surface area (Å²) in [5.74, 6) is 0. The van der Waals surface area contributed by atoms with Crippen molar-refractivity contribution in [3.63, 3.8) is 0 Å². The predicted molar refractivity (Wildman–Crippen MR) is 107 cm³/mol. The molecule has 1 fully saturated rings. The van der Waals surface area contributed by atoms with Gasteiger partial charge in [-0.15, -0.1) is 0 Å². The second kappa shape index (κ2) is 9.18. The molecule has 1 aromatic heterocycles. The van der Waals surface area contributed by atoms with Crippen molar-refractivity contribution in [3.05, 3.63) is 60.6 Å².